The largest absolute Gasteiger partial charge is 0.478 e. The fourth-order valence-electron chi connectivity index (χ4n) is 3.09. The molecule has 0 heterocycles. The maximum absolute atomic E-state index is 12.5. The van der Waals surface area contributed by atoms with Crippen molar-refractivity contribution in [3.63, 3.8) is 0 Å². The Morgan fingerprint density at radius 3 is 1.82 bits per heavy atom. The Labute approximate surface area is 239 Å². The topological polar surface area (TPSA) is 108 Å². The number of carboxylic acids is 1. The van der Waals surface area contributed by atoms with E-state index in [-0.39, 0.29) is 6.10 Å². The number of hydrogen-bond acceptors (Lipinski definition) is 5. The zero-order valence-corrected chi connectivity index (χ0v) is 24.9. The zero-order chi connectivity index (χ0) is 30.7. The number of hydrogen-bond donors (Lipinski definition) is 3. The van der Waals surface area contributed by atoms with Gasteiger partial charge in [-0.05, 0) is 74.1 Å². The molecule has 0 saturated heterocycles. The van der Waals surface area contributed by atoms with Crippen molar-refractivity contribution in [2.75, 3.05) is 0 Å². The van der Waals surface area contributed by atoms with Crippen molar-refractivity contribution >= 4 is 18.2 Å². The van der Waals surface area contributed by atoms with E-state index in [0.29, 0.717) is 22.8 Å². The van der Waals surface area contributed by atoms with Crippen LogP contribution in [0.5, 0.6) is 5.75 Å². The van der Waals surface area contributed by atoms with E-state index in [1.807, 2.05) is 43.3 Å². The number of ether oxygens (including phenoxy) is 1. The number of nitrogens with one attached hydrogen (secondary N) is 1. The first-order valence-corrected chi connectivity index (χ1v) is 13.4. The molecule has 3 rings (SSSR count). The zero-order valence-electron chi connectivity index (χ0n) is 24.9. The van der Waals surface area contributed by atoms with Gasteiger partial charge in [-0.2, -0.15) is 0 Å². The number of benzene rings is 3. The van der Waals surface area contributed by atoms with Gasteiger partial charge in [0.15, 0.2) is 0 Å². The maximum atomic E-state index is 12.5. The summed E-state index contributed by atoms with van der Waals surface area (Å²) in [5, 5.41) is 23.4. The van der Waals surface area contributed by atoms with E-state index >= 15 is 0 Å². The molecule has 0 aliphatic heterocycles. The third-order valence-electron chi connectivity index (χ3n) is 4.76. The lowest BCUT2D eigenvalue weighted by Gasteiger charge is -2.10. The second-order valence-electron chi connectivity index (χ2n) is 9.79. The van der Waals surface area contributed by atoms with Crippen LogP contribution >= 0.6 is 0 Å². The van der Waals surface area contributed by atoms with E-state index < -0.39 is 11.9 Å². The summed E-state index contributed by atoms with van der Waals surface area (Å²) in [6.45, 7) is 17.0. The van der Waals surface area contributed by atoms with E-state index in [4.69, 9.17) is 20.4 Å². The third-order valence-corrected chi connectivity index (χ3v) is 4.76. The Balaban J connectivity index is 0.00000107. The number of carbonyl (C=O) groups excluding carboxylic acids is 1. The van der Waals surface area contributed by atoms with E-state index in [1.165, 1.54) is 23.8 Å². The minimum atomic E-state index is -0.981. The highest BCUT2D eigenvalue weighted by molar-refractivity contribution is 5.93. The SMILES string of the molecule is C=CC(=O)O.CC(C)O.CCC.Cc1ccc(-c2ccc(OC(=O)c3ccc(CC(C)C)cc3)c(C=N)c2)cc1. The predicted octanol–water partition coefficient (Wildman–Crippen LogP) is 8.14. The van der Waals surface area contributed by atoms with Gasteiger partial charge in [0.2, 0.25) is 0 Å². The molecule has 0 radical (unpaired) electrons. The summed E-state index contributed by atoms with van der Waals surface area (Å²) in [4.78, 5) is 21.8. The monoisotopic (exact) mass is 547 g/mol. The number of carbonyl (C=O) groups is 2. The van der Waals surface area contributed by atoms with Crippen molar-refractivity contribution in [2.24, 2.45) is 5.92 Å². The van der Waals surface area contributed by atoms with Crippen LogP contribution in [0.1, 0.15) is 75.0 Å². The van der Waals surface area contributed by atoms with Crippen LogP contribution in [0, 0.1) is 18.3 Å². The van der Waals surface area contributed by atoms with Gasteiger partial charge >= 0.3 is 11.9 Å². The van der Waals surface area contributed by atoms with Crippen molar-refractivity contribution in [3.8, 4) is 16.9 Å². The van der Waals surface area contributed by atoms with E-state index in [2.05, 4.69) is 46.4 Å². The summed E-state index contributed by atoms with van der Waals surface area (Å²) >= 11 is 0. The molecule has 0 bridgehead atoms. The number of carboxylic acid groups (broad SMARTS) is 1. The van der Waals surface area contributed by atoms with Crippen molar-refractivity contribution < 1.29 is 24.5 Å². The highest BCUT2D eigenvalue weighted by atomic mass is 16.5. The smallest absolute Gasteiger partial charge is 0.343 e. The summed E-state index contributed by atoms with van der Waals surface area (Å²) < 4.78 is 5.56. The molecule has 0 aliphatic carbocycles. The number of esters is 1. The van der Waals surface area contributed by atoms with Gasteiger partial charge in [0, 0.05) is 24.0 Å². The molecule has 0 spiro atoms. The first-order chi connectivity index (χ1) is 18.9. The molecule has 216 valence electrons. The van der Waals surface area contributed by atoms with Gasteiger partial charge in [0.05, 0.1) is 5.56 Å². The summed E-state index contributed by atoms with van der Waals surface area (Å²) in [6.07, 6.45) is 4.11. The molecule has 0 unspecified atom stereocenters. The van der Waals surface area contributed by atoms with Gasteiger partial charge in [-0.25, -0.2) is 9.59 Å². The Morgan fingerprint density at radius 1 is 0.925 bits per heavy atom. The second kappa shape index (κ2) is 20.0. The minimum Gasteiger partial charge on any atom is -0.478 e. The summed E-state index contributed by atoms with van der Waals surface area (Å²) in [5.41, 5.74) is 5.52. The molecule has 40 heavy (non-hydrogen) atoms. The van der Waals surface area contributed by atoms with Gasteiger partial charge in [-0.1, -0.05) is 88.7 Å². The van der Waals surface area contributed by atoms with Crippen LogP contribution in [-0.2, 0) is 11.2 Å². The summed E-state index contributed by atoms with van der Waals surface area (Å²) in [7, 11) is 0. The van der Waals surface area contributed by atoms with E-state index in [1.54, 1.807) is 32.0 Å². The Hall–Kier alpha value is -4.03. The highest BCUT2D eigenvalue weighted by Gasteiger charge is 2.12. The molecule has 3 N–H and O–H groups in total. The Morgan fingerprint density at radius 2 is 1.40 bits per heavy atom. The lowest BCUT2D eigenvalue weighted by Crippen LogP contribution is -2.10. The van der Waals surface area contributed by atoms with Gasteiger partial charge in [-0.15, -0.1) is 0 Å². The van der Waals surface area contributed by atoms with Gasteiger partial charge in [-0.3, -0.25) is 0 Å². The number of aliphatic hydroxyl groups excluding tert-OH is 1. The normalized spacial score (nSPS) is 9.65. The van der Waals surface area contributed by atoms with Crippen LogP contribution in [0.3, 0.4) is 0 Å². The van der Waals surface area contributed by atoms with Crippen molar-refractivity contribution in [1.29, 1.82) is 5.41 Å². The van der Waals surface area contributed by atoms with E-state index in [0.717, 1.165) is 23.6 Å². The minimum absolute atomic E-state index is 0.167. The van der Waals surface area contributed by atoms with Crippen LogP contribution in [0.15, 0.2) is 79.4 Å². The third kappa shape index (κ3) is 15.4. The maximum Gasteiger partial charge on any atom is 0.343 e. The van der Waals surface area contributed by atoms with Gasteiger partial charge in [0.25, 0.3) is 0 Å². The predicted molar refractivity (Wildman–Crippen MR) is 166 cm³/mol. The van der Waals surface area contributed by atoms with Crippen molar-refractivity contribution in [2.45, 2.75) is 67.4 Å². The number of aliphatic carboxylic acids is 1. The number of aryl methyl sites for hydroxylation is 1. The van der Waals surface area contributed by atoms with Gasteiger partial charge < -0.3 is 20.4 Å². The number of aliphatic hydroxyl groups is 1. The summed E-state index contributed by atoms with van der Waals surface area (Å²) in [6, 6.07) is 21.2. The molecule has 6 nitrogen and oxygen atoms in total. The summed E-state index contributed by atoms with van der Waals surface area (Å²) in [5.74, 6) is -0.436. The molecular weight excluding hydrogens is 502 g/mol. The molecule has 0 fully saturated rings. The molecule has 3 aromatic rings. The van der Waals surface area contributed by atoms with Gasteiger partial charge in [0.1, 0.15) is 5.75 Å². The standard InChI is InChI=1S/C25H25NO2.C3H4O2.C3H8O.C3H8/c1-17(2)14-19-6-10-21(11-7-19)25(27)28-24-13-12-22(15-23(24)16-26)20-8-4-18(3)5-9-20;1-2-3(4)5;1-3(2)4;1-3-2/h4-13,15-17,26H,14H2,1-3H3;2H,1H2,(H,4,5);3-4H,1-2H3;3H2,1-2H3. The fourth-order valence-corrected chi connectivity index (χ4v) is 3.09. The fraction of sp³-hybridized carbons (Fsp3) is 0.324. The molecule has 0 saturated carbocycles. The Kier molecular flexibility index (Phi) is 17.9. The molecule has 0 aromatic heterocycles. The van der Waals surface area contributed by atoms with Crippen molar-refractivity contribution in [1.82, 2.24) is 0 Å². The van der Waals surface area contributed by atoms with Crippen LogP contribution in [-0.4, -0.2) is 34.5 Å². The Bertz CT molecular complexity index is 1180. The van der Waals surface area contributed by atoms with Crippen LogP contribution in [0.2, 0.25) is 0 Å². The lowest BCUT2D eigenvalue weighted by atomic mass is 10.0. The van der Waals surface area contributed by atoms with Crippen molar-refractivity contribution in [3.05, 3.63) is 102 Å². The van der Waals surface area contributed by atoms with E-state index in [9.17, 15) is 9.59 Å². The first-order valence-electron chi connectivity index (χ1n) is 13.4. The van der Waals surface area contributed by atoms with Crippen LogP contribution in [0.4, 0.5) is 0 Å². The van der Waals surface area contributed by atoms with Crippen LogP contribution in [0.25, 0.3) is 11.1 Å². The molecule has 0 atom stereocenters. The molecule has 3 aromatic carbocycles. The average molecular weight is 548 g/mol. The molecule has 0 aliphatic rings. The number of rotatable bonds is 7. The first kappa shape index (κ1) is 36.0. The lowest BCUT2D eigenvalue weighted by molar-refractivity contribution is -0.131. The molecule has 0 amide bonds. The molecular formula is C34H45NO5. The molecule has 6 heteroatoms. The average Bonchev–Trinajstić information content (AvgIpc) is 2.90. The highest BCUT2D eigenvalue weighted by Crippen LogP contribution is 2.27. The second-order valence-corrected chi connectivity index (χ2v) is 9.79. The van der Waals surface area contributed by atoms with Crippen LogP contribution < -0.4 is 4.74 Å². The quantitative estimate of drug-likeness (QED) is 0.120.